The van der Waals surface area contributed by atoms with Crippen molar-refractivity contribution in [3.05, 3.63) is 101 Å². The maximum Gasteiger partial charge on any atom is 0.161 e. The predicted molar refractivity (Wildman–Crippen MR) is 203 cm³/mol. The molecule has 3 aliphatic rings. The fourth-order valence-electron chi connectivity index (χ4n) is 7.81. The second-order valence-corrected chi connectivity index (χ2v) is 14.3. The van der Waals surface area contributed by atoms with Gasteiger partial charge in [-0.2, -0.15) is 0 Å². The van der Waals surface area contributed by atoms with Gasteiger partial charge in [-0.25, -0.2) is 0 Å². The first-order valence-corrected chi connectivity index (χ1v) is 18.7. The molecule has 1 N–H and O–H groups in total. The van der Waals surface area contributed by atoms with Crippen molar-refractivity contribution in [2.24, 2.45) is 16.8 Å². The number of rotatable bonds is 9. The number of hydrogen-bond acceptors (Lipinski definition) is 3. The van der Waals surface area contributed by atoms with E-state index in [-0.39, 0.29) is 11.8 Å². The second kappa shape index (κ2) is 18.2. The third kappa shape index (κ3) is 10.3. The smallest absolute Gasteiger partial charge is 0.161 e. The molecule has 2 fully saturated rings. The molecule has 2 saturated carbocycles. The summed E-state index contributed by atoms with van der Waals surface area (Å²) in [4.78, 5) is 20.1. The Bertz CT molecular complexity index is 1440. The van der Waals surface area contributed by atoms with Crippen LogP contribution in [-0.2, 0) is 4.79 Å². The van der Waals surface area contributed by atoms with Gasteiger partial charge in [0.15, 0.2) is 5.78 Å². The molecule has 1 aliphatic heterocycles. The Morgan fingerprint density at radius 2 is 1.55 bits per heavy atom. The zero-order valence-electron chi connectivity index (χ0n) is 29.2. The maximum absolute atomic E-state index is 14.5. The van der Waals surface area contributed by atoms with E-state index in [0.717, 1.165) is 28.8 Å². The Balaban J connectivity index is 1.49. The Kier molecular flexibility index (Phi) is 13.5. The maximum atomic E-state index is 14.5. The van der Waals surface area contributed by atoms with Crippen molar-refractivity contribution in [1.82, 2.24) is 0 Å². The summed E-state index contributed by atoms with van der Waals surface area (Å²) in [6.45, 7) is 8.88. The average Bonchev–Trinajstić information content (AvgIpc) is 3.15. The lowest BCUT2D eigenvalue weighted by Crippen LogP contribution is -2.27. The van der Waals surface area contributed by atoms with Gasteiger partial charge in [0, 0.05) is 35.8 Å². The Labute approximate surface area is 285 Å². The van der Waals surface area contributed by atoms with Crippen LogP contribution in [0.3, 0.4) is 0 Å². The highest BCUT2D eigenvalue weighted by Gasteiger charge is 2.30. The molecule has 2 aromatic rings. The largest absolute Gasteiger partial charge is 0.381 e. The van der Waals surface area contributed by atoms with Crippen LogP contribution in [0.4, 0.5) is 5.69 Å². The number of aliphatic imine (C=N–C) groups is 1. The molecule has 250 valence electrons. The van der Waals surface area contributed by atoms with Crippen molar-refractivity contribution in [3.63, 3.8) is 0 Å². The van der Waals surface area contributed by atoms with E-state index < -0.39 is 0 Å². The first-order chi connectivity index (χ1) is 23.0. The van der Waals surface area contributed by atoms with E-state index in [4.69, 9.17) is 4.99 Å². The Morgan fingerprint density at radius 3 is 2.23 bits per heavy atom. The number of carbonyl (C=O) groups is 1. The number of Topliss-reactive ketones (excluding diaryl/α,β-unsaturated/α-hetero) is 1. The summed E-state index contributed by atoms with van der Waals surface area (Å²) in [6.07, 6.45) is 29.7. The molecule has 2 aromatic carbocycles. The quantitative estimate of drug-likeness (QED) is 0.280. The molecule has 1 unspecified atom stereocenters. The van der Waals surface area contributed by atoms with E-state index >= 15 is 0 Å². The fraction of sp³-hybridized carbons (Fsp3) is 0.500. The van der Waals surface area contributed by atoms with Crippen LogP contribution in [-0.4, -0.2) is 24.1 Å². The predicted octanol–water partition coefficient (Wildman–Crippen LogP) is 11.9. The first kappa shape index (κ1) is 34.9. The molecule has 0 bridgehead atoms. The van der Waals surface area contributed by atoms with Gasteiger partial charge >= 0.3 is 0 Å². The van der Waals surface area contributed by atoms with Crippen LogP contribution in [0.2, 0.25) is 0 Å². The molecule has 3 nitrogen and oxygen atoms in total. The molecule has 0 saturated heterocycles. The van der Waals surface area contributed by atoms with Crippen LogP contribution >= 0.6 is 0 Å². The van der Waals surface area contributed by atoms with Crippen molar-refractivity contribution in [3.8, 4) is 0 Å². The minimum absolute atomic E-state index is 0.267. The minimum Gasteiger partial charge on any atom is -0.381 e. The van der Waals surface area contributed by atoms with Gasteiger partial charge in [0.2, 0.25) is 0 Å². The van der Waals surface area contributed by atoms with E-state index in [2.05, 4.69) is 73.4 Å². The lowest BCUT2D eigenvalue weighted by Gasteiger charge is -2.27. The van der Waals surface area contributed by atoms with Gasteiger partial charge in [-0.1, -0.05) is 144 Å². The average molecular weight is 631 g/mol. The monoisotopic (exact) mass is 630 g/mol. The van der Waals surface area contributed by atoms with E-state index in [1.807, 2.05) is 25.2 Å². The first-order valence-electron chi connectivity index (χ1n) is 18.7. The second-order valence-electron chi connectivity index (χ2n) is 14.3. The lowest BCUT2D eigenvalue weighted by molar-refractivity contribution is -0.119. The molecule has 5 rings (SSSR count). The summed E-state index contributed by atoms with van der Waals surface area (Å²) in [5.74, 6) is 1.31. The zero-order chi connectivity index (χ0) is 32.8. The van der Waals surface area contributed by atoms with Gasteiger partial charge in [0.25, 0.3) is 0 Å². The number of ketones is 1. The molecule has 0 amide bonds. The number of allylic oxidation sites excluding steroid dienone is 4. The zero-order valence-corrected chi connectivity index (χ0v) is 29.2. The van der Waals surface area contributed by atoms with Crippen molar-refractivity contribution in [2.45, 2.75) is 123 Å². The Morgan fingerprint density at radius 1 is 0.894 bits per heavy atom. The third-order valence-corrected chi connectivity index (χ3v) is 10.6. The summed E-state index contributed by atoms with van der Waals surface area (Å²) in [5, 5.41) is 3.53. The molecule has 1 atom stereocenters. The number of nitrogens with one attached hydrogen (secondary N) is 1. The number of carbonyl (C=O) groups excluding carboxylic acids is 1. The van der Waals surface area contributed by atoms with Crippen molar-refractivity contribution < 1.29 is 4.79 Å². The van der Waals surface area contributed by atoms with Crippen LogP contribution in [0.25, 0.3) is 11.6 Å². The molecule has 47 heavy (non-hydrogen) atoms. The molecule has 0 spiro atoms. The van der Waals surface area contributed by atoms with Gasteiger partial charge in [-0.15, -0.1) is 0 Å². The number of anilines is 1. The van der Waals surface area contributed by atoms with E-state index in [1.165, 1.54) is 112 Å². The number of aryl methyl sites for hydroxylation is 1. The highest BCUT2D eigenvalue weighted by atomic mass is 16.1. The fourth-order valence-corrected chi connectivity index (χ4v) is 7.81. The molecule has 3 heteroatoms. The lowest BCUT2D eigenvalue weighted by atomic mass is 9.81. The molecule has 0 aromatic heterocycles. The summed E-state index contributed by atoms with van der Waals surface area (Å²) >= 11 is 0. The number of hydrogen-bond donors (Lipinski definition) is 1. The van der Waals surface area contributed by atoms with Crippen LogP contribution in [0.5, 0.6) is 0 Å². The van der Waals surface area contributed by atoms with E-state index in [0.29, 0.717) is 24.8 Å². The van der Waals surface area contributed by atoms with Gasteiger partial charge < -0.3 is 5.32 Å². The molecule has 2 aliphatic carbocycles. The summed E-state index contributed by atoms with van der Waals surface area (Å²) in [7, 11) is 0. The summed E-state index contributed by atoms with van der Waals surface area (Å²) < 4.78 is 0. The SMILES string of the molecule is C=C/C(=C\C=C/C)CNc1ccc(C2=Cc3ccc(C)cc3C(C3CCCCC3)=NC(CC3CCCCCCCCC3)C(=O)C2)cc1. The third-order valence-electron chi connectivity index (χ3n) is 10.6. The molecule has 1 heterocycles. The van der Waals surface area contributed by atoms with Crippen molar-refractivity contribution >= 4 is 28.8 Å². The number of fused-ring (bicyclic) bond motifs is 1. The van der Waals surface area contributed by atoms with Crippen LogP contribution < -0.4 is 5.32 Å². The van der Waals surface area contributed by atoms with Crippen LogP contribution in [0.1, 0.15) is 132 Å². The van der Waals surface area contributed by atoms with Gasteiger partial charge in [-0.05, 0) is 79.5 Å². The van der Waals surface area contributed by atoms with Crippen molar-refractivity contribution in [2.75, 3.05) is 11.9 Å². The normalized spacial score (nSPS) is 21.2. The van der Waals surface area contributed by atoms with Crippen molar-refractivity contribution in [1.29, 1.82) is 0 Å². The highest BCUT2D eigenvalue weighted by Crippen LogP contribution is 2.35. The van der Waals surface area contributed by atoms with E-state index in [1.54, 1.807) is 0 Å². The highest BCUT2D eigenvalue weighted by molar-refractivity contribution is 6.10. The van der Waals surface area contributed by atoms with Gasteiger partial charge in [0.1, 0.15) is 6.04 Å². The Hall–Kier alpha value is -3.46. The van der Waals surface area contributed by atoms with Crippen LogP contribution in [0, 0.1) is 18.8 Å². The molecular formula is C44H58N2O. The molecular weight excluding hydrogens is 572 g/mol. The van der Waals surface area contributed by atoms with Gasteiger partial charge in [0.05, 0.1) is 0 Å². The summed E-state index contributed by atoms with van der Waals surface area (Å²) in [5.41, 5.74) is 9.34. The minimum atomic E-state index is -0.267. The number of nitrogens with zero attached hydrogens (tertiary/aromatic N) is 1. The summed E-state index contributed by atoms with van der Waals surface area (Å²) in [6, 6.07) is 15.2. The van der Waals surface area contributed by atoms with Crippen LogP contribution in [0.15, 0.2) is 83.9 Å². The number of benzene rings is 2. The van der Waals surface area contributed by atoms with E-state index in [9.17, 15) is 4.79 Å². The standard InChI is InChI=1S/C44H58N2O/c1-4-6-17-34(5-2)32-45-40-26-24-36(25-27-40)39-30-38-23-22-33(3)28-41(38)44(37-20-15-12-16-21-37)46-42(43(47)31-39)29-35-18-13-10-8-7-9-11-14-19-35/h4-6,17,22-28,30,35,37,42,45H,2,7-16,18-21,29,31-32H2,1,3H3/b6-4-,34-17+,39-30?,46-44?. The van der Waals surface area contributed by atoms with Gasteiger partial charge in [-0.3, -0.25) is 9.79 Å². The topological polar surface area (TPSA) is 41.5 Å². The molecule has 0 radical (unpaired) electrons.